The van der Waals surface area contributed by atoms with Gasteiger partial charge < -0.3 is 4.90 Å². The summed E-state index contributed by atoms with van der Waals surface area (Å²) >= 11 is 7.36. The first-order valence-corrected chi connectivity index (χ1v) is 10.4. The lowest BCUT2D eigenvalue weighted by Gasteiger charge is -2.17. The fraction of sp³-hybridized carbons (Fsp3) is 0.238. The summed E-state index contributed by atoms with van der Waals surface area (Å²) in [5.74, 6) is -0.318. The Morgan fingerprint density at radius 3 is 2.62 bits per heavy atom. The molecule has 148 valence electrons. The van der Waals surface area contributed by atoms with Crippen molar-refractivity contribution in [1.82, 2.24) is 10.2 Å². The molecule has 6 nitrogen and oxygen atoms in total. The molecule has 0 spiro atoms. The van der Waals surface area contributed by atoms with Gasteiger partial charge in [0.25, 0.3) is 5.91 Å². The average molecular weight is 427 g/mol. The van der Waals surface area contributed by atoms with Gasteiger partial charge in [-0.05, 0) is 49.2 Å². The zero-order valence-corrected chi connectivity index (χ0v) is 17.5. The molecule has 1 atom stereocenters. The van der Waals surface area contributed by atoms with E-state index in [-0.39, 0.29) is 17.7 Å². The summed E-state index contributed by atoms with van der Waals surface area (Å²) in [6.07, 6.45) is 0.375. The third-order valence-corrected chi connectivity index (χ3v) is 6.10. The minimum atomic E-state index is -0.335. The number of rotatable bonds is 4. The minimum absolute atomic E-state index is 0.0493. The molecule has 1 saturated heterocycles. The van der Waals surface area contributed by atoms with Crippen LogP contribution in [-0.4, -0.2) is 28.6 Å². The van der Waals surface area contributed by atoms with Gasteiger partial charge in [-0.1, -0.05) is 41.1 Å². The maximum absolute atomic E-state index is 12.6. The zero-order valence-electron chi connectivity index (χ0n) is 16.0. The van der Waals surface area contributed by atoms with Gasteiger partial charge in [-0.3, -0.25) is 14.9 Å². The molecule has 3 aromatic rings. The maximum Gasteiger partial charge on any atom is 0.259 e. The number of hydrogen-bond acceptors (Lipinski definition) is 5. The lowest BCUT2D eigenvalue weighted by atomic mass is 10.1. The summed E-state index contributed by atoms with van der Waals surface area (Å²) in [5, 5.41) is 12.5. The molecule has 2 heterocycles. The number of amides is 2. The molecular weight excluding hydrogens is 408 g/mol. The largest absolute Gasteiger partial charge is 0.312 e. The second-order valence-corrected chi connectivity index (χ2v) is 8.55. The van der Waals surface area contributed by atoms with Crippen LogP contribution in [0.3, 0.4) is 0 Å². The highest BCUT2D eigenvalue weighted by molar-refractivity contribution is 7.15. The molecule has 0 bridgehead atoms. The molecule has 8 heteroatoms. The van der Waals surface area contributed by atoms with E-state index in [0.29, 0.717) is 28.7 Å². The van der Waals surface area contributed by atoms with Crippen molar-refractivity contribution in [3.8, 4) is 0 Å². The van der Waals surface area contributed by atoms with Crippen LogP contribution >= 0.6 is 22.9 Å². The van der Waals surface area contributed by atoms with E-state index in [1.54, 1.807) is 29.2 Å². The fourth-order valence-corrected chi connectivity index (χ4v) is 4.54. The highest BCUT2D eigenvalue weighted by atomic mass is 35.5. The molecule has 1 aliphatic heterocycles. The Balaban J connectivity index is 1.48. The van der Waals surface area contributed by atoms with E-state index in [1.807, 2.05) is 26.0 Å². The van der Waals surface area contributed by atoms with Gasteiger partial charge in [0, 0.05) is 24.6 Å². The number of aromatic nitrogens is 2. The Hall–Kier alpha value is -2.77. The third kappa shape index (κ3) is 4.16. The van der Waals surface area contributed by atoms with Crippen LogP contribution in [-0.2, 0) is 4.79 Å². The molecule has 4 rings (SSSR count). The number of carbonyl (C=O) groups excluding carboxylic acids is 2. The average Bonchev–Trinajstić information content (AvgIpc) is 3.27. The Kier molecular flexibility index (Phi) is 5.34. The predicted molar refractivity (Wildman–Crippen MR) is 115 cm³/mol. The lowest BCUT2D eigenvalue weighted by molar-refractivity contribution is -0.117. The van der Waals surface area contributed by atoms with Crippen molar-refractivity contribution in [3.05, 3.63) is 69.2 Å². The first-order valence-electron chi connectivity index (χ1n) is 9.18. The van der Waals surface area contributed by atoms with Crippen LogP contribution in [0.2, 0.25) is 5.02 Å². The number of anilines is 2. The number of aryl methyl sites for hydroxylation is 2. The van der Waals surface area contributed by atoms with Gasteiger partial charge in [-0.25, -0.2) is 0 Å². The standard InChI is InChI=1S/C21H19ClN4O2S/c1-12-7-13(2)9-15(8-12)26-11-14(10-18(26)27)20-24-25-21(29-20)23-19(28)16-5-3-4-6-17(16)22/h3-9,14H,10-11H2,1-2H3,(H,23,25,28)/t14-/m0/s1. The first kappa shape index (κ1) is 19.5. The molecular formula is C21H19ClN4O2S. The first-order chi connectivity index (χ1) is 13.9. The Morgan fingerprint density at radius 2 is 1.90 bits per heavy atom. The van der Waals surface area contributed by atoms with Crippen molar-refractivity contribution in [1.29, 1.82) is 0 Å². The van der Waals surface area contributed by atoms with Crippen molar-refractivity contribution in [3.63, 3.8) is 0 Å². The molecule has 2 amide bonds. The van der Waals surface area contributed by atoms with Crippen molar-refractivity contribution >= 4 is 45.6 Å². The summed E-state index contributed by atoms with van der Waals surface area (Å²) < 4.78 is 0. The van der Waals surface area contributed by atoms with Gasteiger partial charge in [0.15, 0.2) is 0 Å². The smallest absolute Gasteiger partial charge is 0.259 e. The SMILES string of the molecule is Cc1cc(C)cc(N2C[C@@H](c3nnc(NC(=O)c4ccccc4Cl)s3)CC2=O)c1. The van der Waals surface area contributed by atoms with Gasteiger partial charge >= 0.3 is 0 Å². The van der Waals surface area contributed by atoms with Crippen LogP contribution in [0.5, 0.6) is 0 Å². The molecule has 1 aliphatic rings. The molecule has 2 aromatic carbocycles. The van der Waals surface area contributed by atoms with Crippen LogP contribution in [0.15, 0.2) is 42.5 Å². The molecule has 0 aliphatic carbocycles. The number of halogens is 1. The van der Waals surface area contributed by atoms with Crippen molar-refractivity contribution in [2.75, 3.05) is 16.8 Å². The molecule has 1 aromatic heterocycles. The van der Waals surface area contributed by atoms with E-state index in [9.17, 15) is 9.59 Å². The predicted octanol–water partition coefficient (Wildman–Crippen LogP) is 4.58. The van der Waals surface area contributed by atoms with Gasteiger partial charge in [-0.15, -0.1) is 10.2 Å². The Bertz CT molecular complexity index is 1080. The number of nitrogens with one attached hydrogen (secondary N) is 1. The van der Waals surface area contributed by atoms with Gasteiger partial charge in [-0.2, -0.15) is 0 Å². The van der Waals surface area contributed by atoms with Gasteiger partial charge in [0.2, 0.25) is 11.0 Å². The topological polar surface area (TPSA) is 75.2 Å². The maximum atomic E-state index is 12.6. The number of carbonyl (C=O) groups is 2. The Morgan fingerprint density at radius 1 is 1.17 bits per heavy atom. The van der Waals surface area contributed by atoms with E-state index < -0.39 is 0 Å². The van der Waals surface area contributed by atoms with Crippen molar-refractivity contribution in [2.45, 2.75) is 26.2 Å². The van der Waals surface area contributed by atoms with E-state index in [2.05, 4.69) is 21.6 Å². The zero-order chi connectivity index (χ0) is 20.5. The lowest BCUT2D eigenvalue weighted by Crippen LogP contribution is -2.24. The van der Waals surface area contributed by atoms with E-state index in [4.69, 9.17) is 11.6 Å². The van der Waals surface area contributed by atoms with Gasteiger partial charge in [0.1, 0.15) is 5.01 Å². The molecule has 29 heavy (non-hydrogen) atoms. The van der Waals surface area contributed by atoms with Crippen LogP contribution in [0.25, 0.3) is 0 Å². The monoisotopic (exact) mass is 426 g/mol. The second kappa shape index (κ2) is 7.93. The fourth-order valence-electron chi connectivity index (χ4n) is 3.49. The highest BCUT2D eigenvalue weighted by Gasteiger charge is 2.34. The molecule has 1 N–H and O–H groups in total. The van der Waals surface area contributed by atoms with Gasteiger partial charge in [0.05, 0.1) is 10.6 Å². The van der Waals surface area contributed by atoms with E-state index >= 15 is 0 Å². The van der Waals surface area contributed by atoms with Crippen LogP contribution in [0.1, 0.15) is 38.8 Å². The summed E-state index contributed by atoms with van der Waals surface area (Å²) in [5.41, 5.74) is 3.53. The second-order valence-electron chi connectivity index (χ2n) is 7.13. The van der Waals surface area contributed by atoms with Crippen molar-refractivity contribution in [2.24, 2.45) is 0 Å². The van der Waals surface area contributed by atoms with Crippen molar-refractivity contribution < 1.29 is 9.59 Å². The summed E-state index contributed by atoms with van der Waals surface area (Å²) in [7, 11) is 0. The Labute approximate surface area is 177 Å². The normalized spacial score (nSPS) is 16.3. The third-order valence-electron chi connectivity index (χ3n) is 4.77. The van der Waals surface area contributed by atoms with Crippen LogP contribution in [0, 0.1) is 13.8 Å². The highest BCUT2D eigenvalue weighted by Crippen LogP contribution is 2.35. The molecule has 0 saturated carbocycles. The summed E-state index contributed by atoms with van der Waals surface area (Å²) in [6, 6.07) is 12.9. The van der Waals surface area contributed by atoms with Crippen LogP contribution in [0.4, 0.5) is 10.8 Å². The van der Waals surface area contributed by atoms with Crippen LogP contribution < -0.4 is 10.2 Å². The quantitative estimate of drug-likeness (QED) is 0.662. The molecule has 0 unspecified atom stereocenters. The number of nitrogens with zero attached hydrogens (tertiary/aromatic N) is 3. The summed E-state index contributed by atoms with van der Waals surface area (Å²) in [4.78, 5) is 26.8. The number of hydrogen-bond donors (Lipinski definition) is 1. The molecule has 0 radical (unpaired) electrons. The number of benzene rings is 2. The molecule has 1 fully saturated rings. The van der Waals surface area contributed by atoms with E-state index in [0.717, 1.165) is 21.8 Å². The summed E-state index contributed by atoms with van der Waals surface area (Å²) in [6.45, 7) is 4.59. The minimum Gasteiger partial charge on any atom is -0.312 e. The van der Waals surface area contributed by atoms with E-state index in [1.165, 1.54) is 11.3 Å².